The molecule has 7 heteroatoms. The van der Waals surface area contributed by atoms with Crippen LogP contribution in [-0.4, -0.2) is 65.4 Å². The number of nitrogens with two attached hydrogens (primary N) is 1. The summed E-state index contributed by atoms with van der Waals surface area (Å²) in [6, 6.07) is 0.0410. The van der Waals surface area contributed by atoms with E-state index >= 15 is 0 Å². The number of rotatable bonds is 3. The Morgan fingerprint density at radius 3 is 2.36 bits per heavy atom. The minimum absolute atomic E-state index is 0.0410. The van der Waals surface area contributed by atoms with Crippen molar-refractivity contribution in [1.82, 2.24) is 9.80 Å². The first-order valence-corrected chi connectivity index (χ1v) is 8.12. The van der Waals surface area contributed by atoms with Crippen molar-refractivity contribution >= 4 is 17.7 Å². The molecule has 5 unspecified atom stereocenters. The predicted molar refractivity (Wildman–Crippen MR) is 75.4 cm³/mol. The number of likely N-dealkylation sites (tertiary alicyclic amines) is 2. The second-order valence-electron chi connectivity index (χ2n) is 6.72. The lowest BCUT2D eigenvalue weighted by molar-refractivity contribution is -0.148. The first-order chi connectivity index (χ1) is 10.6. The summed E-state index contributed by atoms with van der Waals surface area (Å²) in [7, 11) is 0. The molecule has 0 spiro atoms. The molecule has 4 saturated heterocycles. The van der Waals surface area contributed by atoms with E-state index in [9.17, 15) is 14.4 Å². The molecule has 7 nitrogen and oxygen atoms in total. The Balaban J connectivity index is 1.48. The minimum atomic E-state index is -0.358. The van der Waals surface area contributed by atoms with Crippen LogP contribution >= 0.6 is 0 Å². The third-order valence-electron chi connectivity index (χ3n) is 5.64. The van der Waals surface area contributed by atoms with Crippen molar-refractivity contribution in [1.29, 1.82) is 0 Å². The van der Waals surface area contributed by atoms with Crippen LogP contribution < -0.4 is 5.73 Å². The van der Waals surface area contributed by atoms with Crippen LogP contribution in [0.15, 0.2) is 0 Å². The number of carbonyl (C=O) groups excluding carboxylic acids is 3. The van der Waals surface area contributed by atoms with Crippen molar-refractivity contribution in [3.8, 4) is 0 Å². The zero-order chi connectivity index (χ0) is 15.4. The van der Waals surface area contributed by atoms with Gasteiger partial charge in [0.25, 0.3) is 0 Å². The quantitative estimate of drug-likeness (QED) is 0.682. The average molecular weight is 307 g/mol. The fourth-order valence-corrected chi connectivity index (χ4v) is 4.56. The lowest BCUT2D eigenvalue weighted by Crippen LogP contribution is -2.47. The Kier molecular flexibility index (Phi) is 3.23. The van der Waals surface area contributed by atoms with Crippen LogP contribution in [0.1, 0.15) is 25.7 Å². The molecule has 0 aromatic carbocycles. The van der Waals surface area contributed by atoms with Gasteiger partial charge in [0.2, 0.25) is 17.7 Å². The van der Waals surface area contributed by atoms with Crippen molar-refractivity contribution in [2.75, 3.05) is 19.6 Å². The van der Waals surface area contributed by atoms with Gasteiger partial charge in [0.15, 0.2) is 0 Å². The van der Waals surface area contributed by atoms with Gasteiger partial charge in [-0.1, -0.05) is 0 Å². The highest BCUT2D eigenvalue weighted by Crippen LogP contribution is 2.48. The van der Waals surface area contributed by atoms with E-state index in [4.69, 9.17) is 10.5 Å². The molecule has 22 heavy (non-hydrogen) atoms. The normalized spacial score (nSPS) is 40.0. The van der Waals surface area contributed by atoms with Crippen LogP contribution in [0.3, 0.4) is 0 Å². The van der Waals surface area contributed by atoms with Gasteiger partial charge in [-0.05, 0) is 25.7 Å². The van der Waals surface area contributed by atoms with Crippen LogP contribution in [0, 0.1) is 11.8 Å². The van der Waals surface area contributed by atoms with Crippen molar-refractivity contribution in [3.63, 3.8) is 0 Å². The average Bonchev–Trinajstić information content (AvgIpc) is 3.26. The molecule has 120 valence electrons. The molecular formula is C15H21N3O4. The van der Waals surface area contributed by atoms with Crippen molar-refractivity contribution < 1.29 is 19.1 Å². The summed E-state index contributed by atoms with van der Waals surface area (Å²) < 4.78 is 5.69. The van der Waals surface area contributed by atoms with Gasteiger partial charge in [-0.2, -0.15) is 0 Å². The lowest BCUT2D eigenvalue weighted by atomic mass is 9.81. The molecule has 0 aromatic rings. The molecule has 4 aliphatic heterocycles. The molecule has 0 aliphatic carbocycles. The Morgan fingerprint density at radius 2 is 1.77 bits per heavy atom. The summed E-state index contributed by atoms with van der Waals surface area (Å²) >= 11 is 0. The smallest absolute Gasteiger partial charge is 0.243 e. The zero-order valence-electron chi connectivity index (χ0n) is 12.4. The molecular weight excluding hydrogens is 286 g/mol. The first-order valence-electron chi connectivity index (χ1n) is 8.12. The molecule has 2 bridgehead atoms. The summed E-state index contributed by atoms with van der Waals surface area (Å²) in [5.74, 6) is -1.33. The van der Waals surface area contributed by atoms with Crippen molar-refractivity contribution in [2.24, 2.45) is 17.6 Å². The summed E-state index contributed by atoms with van der Waals surface area (Å²) in [6.45, 7) is 0.954. The van der Waals surface area contributed by atoms with E-state index in [0.717, 1.165) is 30.6 Å². The molecule has 4 fully saturated rings. The lowest BCUT2D eigenvalue weighted by Gasteiger charge is -2.26. The number of amides is 3. The van der Waals surface area contributed by atoms with Gasteiger partial charge in [0.05, 0.1) is 24.0 Å². The van der Waals surface area contributed by atoms with Crippen LogP contribution in [-0.2, 0) is 19.1 Å². The van der Waals surface area contributed by atoms with E-state index in [2.05, 4.69) is 0 Å². The number of fused-ring (bicyclic) bond motifs is 5. The summed E-state index contributed by atoms with van der Waals surface area (Å²) in [5, 5.41) is 0. The zero-order valence-corrected chi connectivity index (χ0v) is 12.4. The largest absolute Gasteiger partial charge is 0.373 e. The summed E-state index contributed by atoms with van der Waals surface area (Å²) in [6.07, 6.45) is 3.25. The standard InChI is InChI=1S/C15H21N3O4/c16-6-8-2-1-5-17(8)11(19)7-18-14(20)12-9-3-4-10(22-9)13(12)15(18)21/h8-10,12-13H,1-7,16H2. The van der Waals surface area contributed by atoms with E-state index in [1.165, 1.54) is 0 Å². The Labute approximate surface area is 128 Å². The molecule has 0 radical (unpaired) electrons. The molecule has 0 aromatic heterocycles. The first kappa shape index (κ1) is 14.1. The number of carbonyl (C=O) groups is 3. The minimum Gasteiger partial charge on any atom is -0.373 e. The topological polar surface area (TPSA) is 92.9 Å². The van der Waals surface area contributed by atoms with Gasteiger partial charge in [-0.3, -0.25) is 19.3 Å². The molecule has 5 atom stereocenters. The number of hydrogen-bond acceptors (Lipinski definition) is 5. The van der Waals surface area contributed by atoms with E-state index in [-0.39, 0.29) is 54.4 Å². The summed E-state index contributed by atoms with van der Waals surface area (Å²) in [4.78, 5) is 40.4. The van der Waals surface area contributed by atoms with Crippen LogP contribution in [0.2, 0.25) is 0 Å². The van der Waals surface area contributed by atoms with E-state index in [0.29, 0.717) is 13.1 Å². The molecule has 4 rings (SSSR count). The monoisotopic (exact) mass is 307 g/mol. The third kappa shape index (κ3) is 1.85. The van der Waals surface area contributed by atoms with Crippen LogP contribution in [0.4, 0.5) is 0 Å². The van der Waals surface area contributed by atoms with Gasteiger partial charge in [0, 0.05) is 19.1 Å². The number of ether oxygens (including phenoxy) is 1. The highest BCUT2D eigenvalue weighted by molar-refractivity contribution is 6.08. The second-order valence-corrected chi connectivity index (χ2v) is 6.72. The molecule has 4 heterocycles. The number of imide groups is 1. The maximum absolute atomic E-state index is 12.5. The van der Waals surface area contributed by atoms with Gasteiger partial charge in [-0.15, -0.1) is 0 Å². The maximum Gasteiger partial charge on any atom is 0.243 e. The fraction of sp³-hybridized carbons (Fsp3) is 0.800. The van der Waals surface area contributed by atoms with Crippen molar-refractivity contribution in [2.45, 2.75) is 43.9 Å². The third-order valence-corrected chi connectivity index (χ3v) is 5.64. The molecule has 0 saturated carbocycles. The Hall–Kier alpha value is -1.47. The van der Waals surface area contributed by atoms with E-state index in [1.807, 2.05) is 0 Å². The van der Waals surface area contributed by atoms with Crippen molar-refractivity contribution in [3.05, 3.63) is 0 Å². The molecule has 4 aliphatic rings. The Morgan fingerprint density at radius 1 is 1.14 bits per heavy atom. The summed E-state index contributed by atoms with van der Waals surface area (Å²) in [5.41, 5.74) is 5.69. The fourth-order valence-electron chi connectivity index (χ4n) is 4.56. The van der Waals surface area contributed by atoms with Crippen LogP contribution in [0.25, 0.3) is 0 Å². The van der Waals surface area contributed by atoms with Crippen LogP contribution in [0.5, 0.6) is 0 Å². The molecule has 3 amide bonds. The van der Waals surface area contributed by atoms with E-state index in [1.54, 1.807) is 4.90 Å². The van der Waals surface area contributed by atoms with Gasteiger partial charge in [0.1, 0.15) is 6.54 Å². The highest BCUT2D eigenvalue weighted by Gasteiger charge is 2.62. The van der Waals surface area contributed by atoms with E-state index < -0.39 is 0 Å². The maximum atomic E-state index is 12.5. The predicted octanol–water partition coefficient (Wildman–Crippen LogP) is -0.901. The second kappa shape index (κ2) is 5.03. The van der Waals surface area contributed by atoms with Gasteiger partial charge >= 0.3 is 0 Å². The molecule has 2 N–H and O–H groups in total. The van der Waals surface area contributed by atoms with Gasteiger partial charge < -0.3 is 15.4 Å². The SMILES string of the molecule is NCC1CCCN1C(=O)CN1C(=O)C2C3CCC(O3)C2C1=O. The number of hydrogen-bond donors (Lipinski definition) is 1. The van der Waals surface area contributed by atoms with Gasteiger partial charge in [-0.25, -0.2) is 0 Å². The number of nitrogens with zero attached hydrogens (tertiary/aromatic N) is 2. The Bertz CT molecular complexity index is 509. The highest BCUT2D eigenvalue weighted by atomic mass is 16.5.